The van der Waals surface area contributed by atoms with Gasteiger partial charge in [0.15, 0.2) is 5.82 Å². The third kappa shape index (κ3) is 2.64. The molecule has 1 N–H and O–H groups in total. The third-order valence-electron chi connectivity index (χ3n) is 2.87. The van der Waals surface area contributed by atoms with E-state index in [-0.39, 0.29) is 24.8 Å². The second-order valence-electron chi connectivity index (χ2n) is 4.10. The van der Waals surface area contributed by atoms with Crippen LogP contribution in [0.4, 0.5) is 4.39 Å². The fourth-order valence-corrected chi connectivity index (χ4v) is 3.75. The van der Waals surface area contributed by atoms with Gasteiger partial charge in [-0.3, -0.25) is 4.79 Å². The minimum absolute atomic E-state index is 0.0468. The lowest BCUT2D eigenvalue weighted by Crippen LogP contribution is -2.52. The van der Waals surface area contributed by atoms with Crippen LogP contribution in [0, 0.1) is 5.82 Å². The fourth-order valence-electron chi connectivity index (χ4n) is 1.88. The molecule has 1 aromatic carbocycles. The number of carboxylic acid groups (broad SMARTS) is 1. The Bertz CT molecular complexity index is 636. The van der Waals surface area contributed by atoms with Gasteiger partial charge in [-0.2, -0.15) is 4.31 Å². The second kappa shape index (κ2) is 5.65. The molecule has 1 heterocycles. The Morgan fingerprint density at radius 3 is 2.85 bits per heavy atom. The Morgan fingerprint density at radius 1 is 1.50 bits per heavy atom. The van der Waals surface area contributed by atoms with E-state index in [1.807, 2.05) is 0 Å². The topological polar surface area (TPSA) is 83.9 Å². The number of hydrogen-bond donors (Lipinski definition) is 1. The number of hydrogen-bond acceptors (Lipinski definition) is 4. The van der Waals surface area contributed by atoms with E-state index in [4.69, 9.17) is 21.4 Å². The van der Waals surface area contributed by atoms with Crippen LogP contribution in [0.1, 0.15) is 0 Å². The molecule has 1 aliphatic heterocycles. The zero-order chi connectivity index (χ0) is 14.9. The molecule has 1 atom stereocenters. The van der Waals surface area contributed by atoms with Crippen molar-refractivity contribution >= 4 is 27.6 Å². The maximum Gasteiger partial charge on any atom is 0.324 e. The van der Waals surface area contributed by atoms with Gasteiger partial charge >= 0.3 is 5.97 Å². The Morgan fingerprint density at radius 2 is 2.20 bits per heavy atom. The first kappa shape index (κ1) is 15.2. The number of aliphatic carboxylic acids is 1. The highest BCUT2D eigenvalue weighted by molar-refractivity contribution is 7.89. The Hall–Kier alpha value is -1.22. The van der Waals surface area contributed by atoms with Crippen molar-refractivity contribution in [2.75, 3.05) is 19.8 Å². The molecule has 0 radical (unpaired) electrons. The highest BCUT2D eigenvalue weighted by Gasteiger charge is 2.39. The minimum Gasteiger partial charge on any atom is -0.480 e. The van der Waals surface area contributed by atoms with E-state index >= 15 is 0 Å². The van der Waals surface area contributed by atoms with Gasteiger partial charge in [0.05, 0.1) is 18.2 Å². The number of carboxylic acids is 1. The normalized spacial score (nSPS) is 20.8. The summed E-state index contributed by atoms with van der Waals surface area (Å²) < 4.78 is 44.3. The molecule has 20 heavy (non-hydrogen) atoms. The highest BCUT2D eigenvalue weighted by atomic mass is 35.5. The zero-order valence-electron chi connectivity index (χ0n) is 10.1. The van der Waals surface area contributed by atoms with Gasteiger partial charge in [0.1, 0.15) is 10.9 Å². The van der Waals surface area contributed by atoms with Crippen LogP contribution in [0.5, 0.6) is 0 Å². The number of morpholine rings is 1. The van der Waals surface area contributed by atoms with Crippen molar-refractivity contribution in [3.63, 3.8) is 0 Å². The molecule has 0 saturated carbocycles. The summed E-state index contributed by atoms with van der Waals surface area (Å²) in [5.74, 6) is -2.44. The van der Waals surface area contributed by atoms with Crippen LogP contribution < -0.4 is 0 Å². The maximum absolute atomic E-state index is 13.9. The zero-order valence-corrected chi connectivity index (χ0v) is 11.7. The van der Waals surface area contributed by atoms with Crippen LogP contribution in [-0.2, 0) is 19.6 Å². The first-order valence-electron chi connectivity index (χ1n) is 5.62. The number of benzene rings is 1. The average molecular weight is 324 g/mol. The van der Waals surface area contributed by atoms with Gasteiger partial charge in [-0.15, -0.1) is 0 Å². The number of rotatable bonds is 3. The summed E-state index contributed by atoms with van der Waals surface area (Å²) in [6.07, 6.45) is 0. The van der Waals surface area contributed by atoms with Gasteiger partial charge in [0.2, 0.25) is 10.0 Å². The fraction of sp³-hybridized carbons (Fsp3) is 0.364. The van der Waals surface area contributed by atoms with Crippen LogP contribution in [0.25, 0.3) is 0 Å². The summed E-state index contributed by atoms with van der Waals surface area (Å²) in [5.41, 5.74) is 0. The highest BCUT2D eigenvalue weighted by Crippen LogP contribution is 2.26. The van der Waals surface area contributed by atoms with Crippen LogP contribution >= 0.6 is 11.6 Å². The van der Waals surface area contributed by atoms with Crippen LogP contribution in [-0.4, -0.2) is 49.6 Å². The quantitative estimate of drug-likeness (QED) is 0.895. The molecule has 0 aromatic heterocycles. The van der Waals surface area contributed by atoms with E-state index in [1.54, 1.807) is 0 Å². The standard InChI is InChI=1S/C11H11ClFNO5S/c12-7-2-1-3-9(10(7)13)20(17,18)14-4-5-19-6-8(14)11(15)16/h1-3,8H,4-6H2,(H,15,16). The molecular weight excluding hydrogens is 313 g/mol. The molecule has 1 fully saturated rings. The SMILES string of the molecule is O=C(O)C1COCCN1S(=O)(=O)c1cccc(Cl)c1F. The van der Waals surface area contributed by atoms with Crippen LogP contribution in [0.3, 0.4) is 0 Å². The molecule has 110 valence electrons. The van der Waals surface area contributed by atoms with E-state index in [1.165, 1.54) is 12.1 Å². The van der Waals surface area contributed by atoms with Crippen molar-refractivity contribution in [3.05, 3.63) is 29.0 Å². The van der Waals surface area contributed by atoms with Crippen LogP contribution in [0.15, 0.2) is 23.1 Å². The lowest BCUT2D eigenvalue weighted by atomic mass is 10.3. The Kier molecular flexibility index (Phi) is 4.28. The molecule has 1 saturated heterocycles. The van der Waals surface area contributed by atoms with Gasteiger partial charge in [-0.25, -0.2) is 12.8 Å². The van der Waals surface area contributed by atoms with Crippen molar-refractivity contribution in [2.45, 2.75) is 10.9 Å². The van der Waals surface area contributed by atoms with Crippen molar-refractivity contribution in [2.24, 2.45) is 0 Å². The molecule has 1 aliphatic rings. The predicted molar refractivity (Wildman–Crippen MR) is 67.5 cm³/mol. The van der Waals surface area contributed by atoms with Crippen LogP contribution in [0.2, 0.25) is 5.02 Å². The molecule has 9 heteroatoms. The van der Waals surface area contributed by atoms with Gasteiger partial charge in [-0.05, 0) is 12.1 Å². The van der Waals surface area contributed by atoms with Gasteiger partial charge < -0.3 is 9.84 Å². The predicted octanol–water partition coefficient (Wildman–Crippen LogP) is 0.953. The molecule has 1 aromatic rings. The number of carbonyl (C=O) groups is 1. The summed E-state index contributed by atoms with van der Waals surface area (Å²) >= 11 is 5.56. The van der Waals surface area contributed by atoms with Crippen molar-refractivity contribution < 1.29 is 27.4 Å². The summed E-state index contributed by atoms with van der Waals surface area (Å²) in [7, 11) is -4.30. The lowest BCUT2D eigenvalue weighted by molar-refractivity contribution is -0.146. The minimum atomic E-state index is -4.30. The van der Waals surface area contributed by atoms with Gasteiger partial charge in [0, 0.05) is 6.54 Å². The second-order valence-corrected chi connectivity index (χ2v) is 6.36. The molecular formula is C11H11ClFNO5S. The van der Waals surface area contributed by atoms with Crippen molar-refractivity contribution in [1.82, 2.24) is 4.31 Å². The number of sulfonamides is 1. The first-order chi connectivity index (χ1) is 9.35. The third-order valence-corrected chi connectivity index (χ3v) is 5.08. The number of ether oxygens (including phenoxy) is 1. The number of halogens is 2. The van der Waals surface area contributed by atoms with Gasteiger partial charge in [0.25, 0.3) is 0 Å². The molecule has 0 aliphatic carbocycles. The molecule has 2 rings (SSSR count). The number of nitrogens with zero attached hydrogens (tertiary/aromatic N) is 1. The van der Waals surface area contributed by atoms with Gasteiger partial charge in [-0.1, -0.05) is 17.7 Å². The van der Waals surface area contributed by atoms with Crippen molar-refractivity contribution in [3.8, 4) is 0 Å². The first-order valence-corrected chi connectivity index (χ1v) is 7.44. The summed E-state index contributed by atoms with van der Waals surface area (Å²) in [6, 6.07) is 2.16. The van der Waals surface area contributed by atoms with E-state index in [0.717, 1.165) is 6.07 Å². The smallest absolute Gasteiger partial charge is 0.324 e. The summed E-state index contributed by atoms with van der Waals surface area (Å²) in [5, 5.41) is 8.70. The lowest BCUT2D eigenvalue weighted by Gasteiger charge is -2.31. The summed E-state index contributed by atoms with van der Waals surface area (Å²) in [6.45, 7) is -0.396. The van der Waals surface area contributed by atoms with E-state index in [0.29, 0.717) is 4.31 Å². The molecule has 1 unspecified atom stereocenters. The van der Waals surface area contributed by atoms with Crippen molar-refractivity contribution in [1.29, 1.82) is 0 Å². The molecule has 0 spiro atoms. The molecule has 0 amide bonds. The average Bonchev–Trinajstić information content (AvgIpc) is 2.41. The molecule has 0 bridgehead atoms. The van der Waals surface area contributed by atoms with E-state index in [2.05, 4.69) is 0 Å². The Balaban J connectivity index is 2.48. The van der Waals surface area contributed by atoms with E-state index in [9.17, 15) is 17.6 Å². The summed E-state index contributed by atoms with van der Waals surface area (Å²) in [4.78, 5) is 10.4. The van der Waals surface area contributed by atoms with E-state index < -0.39 is 32.7 Å². The monoisotopic (exact) mass is 323 g/mol. The maximum atomic E-state index is 13.9. The Labute approximate surface area is 119 Å². The largest absolute Gasteiger partial charge is 0.480 e. The molecule has 6 nitrogen and oxygen atoms in total.